The highest BCUT2D eigenvalue weighted by molar-refractivity contribution is 5.76. The molecule has 1 saturated carbocycles. The van der Waals surface area contributed by atoms with Crippen LogP contribution < -0.4 is 5.73 Å². The lowest BCUT2D eigenvalue weighted by Crippen LogP contribution is -2.50. The predicted octanol–water partition coefficient (Wildman–Crippen LogP) is 7.50. The Balaban J connectivity index is 1.40. The minimum absolute atomic E-state index is 0.0181. The minimum Gasteiger partial charge on any atom is -0.323 e. The van der Waals surface area contributed by atoms with Crippen molar-refractivity contribution in [2.75, 3.05) is 13.1 Å². The van der Waals surface area contributed by atoms with E-state index in [2.05, 4.69) is 71.0 Å². The fraction of sp³-hybridized carbons (Fsp3) is 0.581. The lowest BCUT2D eigenvalue weighted by molar-refractivity contribution is 0.0354. The molecule has 2 N–H and O–H groups in total. The van der Waals surface area contributed by atoms with Gasteiger partial charge in [-0.05, 0) is 49.8 Å². The Kier molecular flexibility index (Phi) is 7.89. The largest absolute Gasteiger partial charge is 0.323 e. The lowest BCUT2D eigenvalue weighted by Gasteiger charge is -2.48. The Morgan fingerprint density at radius 1 is 0.914 bits per heavy atom. The van der Waals surface area contributed by atoms with Crippen molar-refractivity contribution in [3.8, 4) is 0 Å². The predicted molar refractivity (Wildman–Crippen MR) is 146 cm³/mol. The number of hydrogen-bond donors (Lipinski definition) is 1. The van der Waals surface area contributed by atoms with Crippen molar-refractivity contribution in [3.05, 3.63) is 66.0 Å². The second-order valence-corrected chi connectivity index (χ2v) is 11.0. The summed E-state index contributed by atoms with van der Waals surface area (Å²) in [6, 6.07) is 20.5. The highest BCUT2D eigenvalue weighted by Gasteiger charge is 2.40. The summed E-state index contributed by atoms with van der Waals surface area (Å²) < 4.78 is 2.53. The van der Waals surface area contributed by atoms with E-state index in [4.69, 9.17) is 10.7 Å². The molecule has 2 aromatic carbocycles. The maximum Gasteiger partial charge on any atom is 0.127 e. The molecule has 0 spiro atoms. The Morgan fingerprint density at radius 3 is 2.31 bits per heavy atom. The van der Waals surface area contributed by atoms with E-state index in [0.717, 1.165) is 30.9 Å². The van der Waals surface area contributed by atoms with Crippen LogP contribution in [-0.2, 0) is 5.54 Å². The topological polar surface area (TPSA) is 47.1 Å². The van der Waals surface area contributed by atoms with Crippen LogP contribution in [0.5, 0.6) is 0 Å². The molecule has 1 aromatic heterocycles. The van der Waals surface area contributed by atoms with Gasteiger partial charge in [0.25, 0.3) is 0 Å². The van der Waals surface area contributed by atoms with Crippen LogP contribution in [-0.4, -0.2) is 27.5 Å². The highest BCUT2D eigenvalue weighted by atomic mass is 15.2. The van der Waals surface area contributed by atoms with Crippen LogP contribution in [0, 0.1) is 0 Å². The van der Waals surface area contributed by atoms with Gasteiger partial charge in [0.1, 0.15) is 5.82 Å². The SMILES string of the molecule is CCCCCC(N)c1nc2ccccc2n1C1CCN(C2(c3ccccc3)CCCCCC2)CC1. The number of piperidine rings is 1. The first-order valence-corrected chi connectivity index (χ1v) is 14.3. The maximum absolute atomic E-state index is 6.77. The number of rotatable bonds is 8. The summed E-state index contributed by atoms with van der Waals surface area (Å²) >= 11 is 0. The molecule has 1 aliphatic heterocycles. The normalized spacial score (nSPS) is 20.6. The molecule has 1 unspecified atom stereocenters. The van der Waals surface area contributed by atoms with Gasteiger partial charge in [-0.1, -0.05) is 94.3 Å². The van der Waals surface area contributed by atoms with Gasteiger partial charge >= 0.3 is 0 Å². The smallest absolute Gasteiger partial charge is 0.127 e. The zero-order valence-electron chi connectivity index (χ0n) is 21.7. The molecule has 0 radical (unpaired) electrons. The quantitative estimate of drug-likeness (QED) is 0.273. The van der Waals surface area contributed by atoms with Crippen LogP contribution in [0.1, 0.15) is 107 Å². The molecule has 35 heavy (non-hydrogen) atoms. The van der Waals surface area contributed by atoms with Gasteiger partial charge in [-0.25, -0.2) is 4.98 Å². The van der Waals surface area contributed by atoms with Crippen LogP contribution in [0.15, 0.2) is 54.6 Å². The second kappa shape index (κ2) is 11.3. The molecule has 1 aliphatic carbocycles. The molecule has 0 amide bonds. The van der Waals surface area contributed by atoms with Crippen molar-refractivity contribution in [1.82, 2.24) is 14.5 Å². The second-order valence-electron chi connectivity index (χ2n) is 11.0. The van der Waals surface area contributed by atoms with Gasteiger partial charge in [0.15, 0.2) is 0 Å². The number of benzene rings is 2. The van der Waals surface area contributed by atoms with Crippen molar-refractivity contribution in [2.24, 2.45) is 5.73 Å². The molecule has 2 aliphatic rings. The van der Waals surface area contributed by atoms with Crippen LogP contribution in [0.3, 0.4) is 0 Å². The van der Waals surface area contributed by atoms with E-state index in [9.17, 15) is 0 Å². The Bertz CT molecular complexity index is 1060. The lowest BCUT2D eigenvalue weighted by atomic mass is 9.79. The van der Waals surface area contributed by atoms with E-state index < -0.39 is 0 Å². The third-order valence-corrected chi connectivity index (χ3v) is 8.75. The summed E-state index contributed by atoms with van der Waals surface area (Å²) in [4.78, 5) is 7.92. The molecule has 2 fully saturated rings. The zero-order valence-corrected chi connectivity index (χ0v) is 21.7. The maximum atomic E-state index is 6.77. The van der Waals surface area contributed by atoms with Gasteiger partial charge < -0.3 is 10.3 Å². The summed E-state index contributed by atoms with van der Waals surface area (Å²) in [5, 5.41) is 0. The number of aromatic nitrogens is 2. The third-order valence-electron chi connectivity index (χ3n) is 8.75. The summed E-state index contributed by atoms with van der Waals surface area (Å²) in [6.07, 6.45) is 15.1. The highest BCUT2D eigenvalue weighted by Crippen LogP contribution is 2.44. The van der Waals surface area contributed by atoms with E-state index in [1.54, 1.807) is 0 Å². The van der Waals surface area contributed by atoms with Crippen molar-refractivity contribution >= 4 is 11.0 Å². The average molecular weight is 473 g/mol. The van der Waals surface area contributed by atoms with Crippen molar-refractivity contribution in [3.63, 3.8) is 0 Å². The Hall–Kier alpha value is -2.17. The Labute approximate surface area is 211 Å². The summed E-state index contributed by atoms with van der Waals surface area (Å²) in [5.41, 5.74) is 10.9. The van der Waals surface area contributed by atoms with E-state index >= 15 is 0 Å². The van der Waals surface area contributed by atoms with Crippen molar-refractivity contribution < 1.29 is 0 Å². The number of nitrogens with zero attached hydrogens (tertiary/aromatic N) is 3. The monoisotopic (exact) mass is 472 g/mol. The van der Waals surface area contributed by atoms with E-state index in [1.807, 2.05) is 0 Å². The van der Waals surface area contributed by atoms with E-state index in [0.29, 0.717) is 6.04 Å². The number of para-hydroxylation sites is 2. The van der Waals surface area contributed by atoms with Crippen LogP contribution >= 0.6 is 0 Å². The molecular weight excluding hydrogens is 428 g/mol. The van der Waals surface area contributed by atoms with Gasteiger partial charge in [0.2, 0.25) is 0 Å². The number of imidazole rings is 1. The molecule has 1 saturated heterocycles. The first kappa shape index (κ1) is 24.5. The number of fused-ring (bicyclic) bond motifs is 1. The zero-order chi connectivity index (χ0) is 24.1. The molecule has 4 heteroatoms. The molecule has 5 rings (SSSR count). The van der Waals surface area contributed by atoms with Gasteiger partial charge in [0, 0.05) is 24.7 Å². The van der Waals surface area contributed by atoms with E-state index in [-0.39, 0.29) is 11.6 Å². The van der Waals surface area contributed by atoms with Crippen LogP contribution in [0.4, 0.5) is 0 Å². The molecule has 0 bridgehead atoms. The molecular formula is C31H44N4. The molecule has 188 valence electrons. The van der Waals surface area contributed by atoms with Gasteiger partial charge in [0.05, 0.1) is 17.1 Å². The first-order valence-electron chi connectivity index (χ1n) is 14.3. The number of unbranched alkanes of at least 4 members (excludes halogenated alkanes) is 2. The van der Waals surface area contributed by atoms with E-state index in [1.165, 1.54) is 81.7 Å². The summed E-state index contributed by atoms with van der Waals surface area (Å²) in [5.74, 6) is 1.10. The molecule has 3 aromatic rings. The van der Waals surface area contributed by atoms with Crippen LogP contribution in [0.2, 0.25) is 0 Å². The van der Waals surface area contributed by atoms with Crippen molar-refractivity contribution in [2.45, 2.75) is 102 Å². The molecule has 2 heterocycles. The van der Waals surface area contributed by atoms with Gasteiger partial charge in [-0.15, -0.1) is 0 Å². The molecule has 1 atom stereocenters. The summed E-state index contributed by atoms with van der Waals surface area (Å²) in [6.45, 7) is 4.55. The molecule has 4 nitrogen and oxygen atoms in total. The average Bonchev–Trinajstić information content (AvgIpc) is 3.12. The van der Waals surface area contributed by atoms with Crippen molar-refractivity contribution in [1.29, 1.82) is 0 Å². The van der Waals surface area contributed by atoms with Crippen LogP contribution in [0.25, 0.3) is 11.0 Å². The number of likely N-dealkylation sites (tertiary alicyclic amines) is 1. The van der Waals surface area contributed by atoms with Gasteiger partial charge in [-0.3, -0.25) is 4.90 Å². The van der Waals surface area contributed by atoms with Gasteiger partial charge in [-0.2, -0.15) is 0 Å². The standard InChI is InChI=1S/C31H44N4/c1-2-3-7-16-27(32)30-33-28-17-10-11-18-29(28)35(30)26-19-23-34(24-20-26)31(21-12-4-5-13-22-31)25-14-8-6-9-15-25/h6,8-11,14-15,17-18,26-27H,2-5,7,12-13,16,19-24,32H2,1H3. The minimum atomic E-state index is 0.0181. The first-order chi connectivity index (χ1) is 17.2. The fourth-order valence-electron chi connectivity index (χ4n) is 6.85. The summed E-state index contributed by atoms with van der Waals surface area (Å²) in [7, 11) is 0. The fourth-order valence-corrected chi connectivity index (χ4v) is 6.85. The third kappa shape index (κ3) is 5.06. The number of nitrogens with two attached hydrogens (primary N) is 1. The Morgan fingerprint density at radius 2 is 1.60 bits per heavy atom. The number of hydrogen-bond acceptors (Lipinski definition) is 3.